The van der Waals surface area contributed by atoms with Crippen molar-refractivity contribution in [2.45, 2.75) is 31.8 Å². The van der Waals surface area contributed by atoms with E-state index in [1.165, 1.54) is 0 Å². The first-order valence-electron chi connectivity index (χ1n) is 8.61. The Morgan fingerprint density at radius 3 is 2.64 bits per heavy atom. The Bertz CT molecular complexity index is 746. The fourth-order valence-corrected chi connectivity index (χ4v) is 3.14. The maximum absolute atomic E-state index is 12.0. The second kappa shape index (κ2) is 7.83. The number of nitrogens with two attached hydrogens (primary N) is 1. The van der Waals surface area contributed by atoms with Crippen molar-refractivity contribution in [1.82, 2.24) is 4.90 Å². The molecule has 1 heterocycles. The molecule has 2 amide bonds. The smallest absolute Gasteiger partial charge is 0.244 e. The molecule has 25 heavy (non-hydrogen) atoms. The van der Waals surface area contributed by atoms with Crippen molar-refractivity contribution >= 4 is 17.5 Å². The highest BCUT2D eigenvalue weighted by molar-refractivity contribution is 5.84. The molecule has 2 aromatic rings. The lowest BCUT2D eigenvalue weighted by Crippen LogP contribution is -2.34. The molecule has 3 N–H and O–H groups in total. The van der Waals surface area contributed by atoms with Gasteiger partial charge in [-0.05, 0) is 36.1 Å². The van der Waals surface area contributed by atoms with E-state index in [4.69, 9.17) is 5.73 Å². The van der Waals surface area contributed by atoms with Gasteiger partial charge in [0.2, 0.25) is 11.8 Å². The molecule has 1 atom stereocenters. The SMILES string of the molecule is NC(=O)[C@H](Nc1cccc(CN2CCCCC2=O)c1)c1ccccc1. The van der Waals surface area contributed by atoms with E-state index in [0.717, 1.165) is 36.2 Å². The number of likely N-dealkylation sites (tertiary alicyclic amines) is 1. The molecule has 1 aliphatic rings. The Hall–Kier alpha value is -2.82. The maximum Gasteiger partial charge on any atom is 0.244 e. The van der Waals surface area contributed by atoms with Gasteiger partial charge in [0.15, 0.2) is 0 Å². The minimum Gasteiger partial charge on any atom is -0.370 e. The number of carbonyl (C=O) groups is 2. The van der Waals surface area contributed by atoms with E-state index in [2.05, 4.69) is 5.32 Å². The second-order valence-electron chi connectivity index (χ2n) is 6.36. The van der Waals surface area contributed by atoms with Crippen LogP contribution >= 0.6 is 0 Å². The Kier molecular flexibility index (Phi) is 5.33. The van der Waals surface area contributed by atoms with Gasteiger partial charge in [-0.1, -0.05) is 42.5 Å². The minimum absolute atomic E-state index is 0.212. The first-order valence-corrected chi connectivity index (χ1v) is 8.61. The van der Waals surface area contributed by atoms with E-state index in [-0.39, 0.29) is 5.91 Å². The van der Waals surface area contributed by atoms with Gasteiger partial charge in [-0.2, -0.15) is 0 Å². The summed E-state index contributed by atoms with van der Waals surface area (Å²) in [5, 5.41) is 3.21. The summed E-state index contributed by atoms with van der Waals surface area (Å²) in [5.41, 5.74) is 8.25. The number of anilines is 1. The van der Waals surface area contributed by atoms with Gasteiger partial charge in [0.1, 0.15) is 6.04 Å². The van der Waals surface area contributed by atoms with E-state index in [9.17, 15) is 9.59 Å². The summed E-state index contributed by atoms with van der Waals surface area (Å²) in [7, 11) is 0. The van der Waals surface area contributed by atoms with Gasteiger partial charge in [0, 0.05) is 25.2 Å². The maximum atomic E-state index is 12.0. The van der Waals surface area contributed by atoms with Crippen LogP contribution in [0.3, 0.4) is 0 Å². The highest BCUT2D eigenvalue weighted by Gasteiger charge is 2.19. The topological polar surface area (TPSA) is 75.4 Å². The summed E-state index contributed by atoms with van der Waals surface area (Å²) in [6.45, 7) is 1.41. The predicted octanol–water partition coefficient (Wildman–Crippen LogP) is 2.84. The van der Waals surface area contributed by atoms with Gasteiger partial charge < -0.3 is 16.0 Å². The van der Waals surface area contributed by atoms with Gasteiger partial charge in [-0.15, -0.1) is 0 Å². The zero-order valence-electron chi connectivity index (χ0n) is 14.2. The van der Waals surface area contributed by atoms with Crippen LogP contribution in [-0.2, 0) is 16.1 Å². The lowest BCUT2D eigenvalue weighted by molar-refractivity contribution is -0.133. The molecular formula is C20H23N3O2. The molecule has 0 saturated carbocycles. The summed E-state index contributed by atoms with van der Waals surface area (Å²) in [6, 6.07) is 16.6. The molecule has 1 saturated heterocycles. The van der Waals surface area contributed by atoms with Crippen LogP contribution < -0.4 is 11.1 Å². The quantitative estimate of drug-likeness (QED) is 0.851. The number of rotatable bonds is 6. The standard InChI is InChI=1S/C20H23N3O2/c21-20(25)19(16-8-2-1-3-9-16)22-17-10-6-7-15(13-17)14-23-12-5-4-11-18(23)24/h1-3,6-10,13,19,22H,4-5,11-12,14H2,(H2,21,25)/t19-/m1/s1. The molecule has 5 nitrogen and oxygen atoms in total. The highest BCUT2D eigenvalue weighted by Crippen LogP contribution is 2.22. The number of benzene rings is 2. The van der Waals surface area contributed by atoms with Gasteiger partial charge in [0.05, 0.1) is 0 Å². The number of nitrogens with one attached hydrogen (secondary N) is 1. The van der Waals surface area contributed by atoms with Crippen molar-refractivity contribution in [3.8, 4) is 0 Å². The van der Waals surface area contributed by atoms with Crippen LogP contribution in [-0.4, -0.2) is 23.3 Å². The van der Waals surface area contributed by atoms with Crippen LogP contribution in [0.25, 0.3) is 0 Å². The molecule has 0 aliphatic carbocycles. The highest BCUT2D eigenvalue weighted by atomic mass is 16.2. The number of hydrogen-bond donors (Lipinski definition) is 2. The van der Waals surface area contributed by atoms with Crippen molar-refractivity contribution in [2.24, 2.45) is 5.73 Å². The zero-order chi connectivity index (χ0) is 17.6. The summed E-state index contributed by atoms with van der Waals surface area (Å²) >= 11 is 0. The van der Waals surface area contributed by atoms with Crippen LogP contribution in [0.15, 0.2) is 54.6 Å². The van der Waals surface area contributed by atoms with Crippen LogP contribution in [0.1, 0.15) is 36.4 Å². The van der Waals surface area contributed by atoms with E-state index in [0.29, 0.717) is 13.0 Å². The molecular weight excluding hydrogens is 314 g/mol. The fraction of sp³-hybridized carbons (Fsp3) is 0.300. The Labute approximate surface area is 147 Å². The number of piperidine rings is 1. The number of hydrogen-bond acceptors (Lipinski definition) is 3. The normalized spacial score (nSPS) is 15.7. The minimum atomic E-state index is -0.590. The van der Waals surface area contributed by atoms with E-state index < -0.39 is 11.9 Å². The molecule has 130 valence electrons. The first kappa shape index (κ1) is 17.0. The average Bonchev–Trinajstić information content (AvgIpc) is 2.62. The van der Waals surface area contributed by atoms with Crippen LogP contribution in [0, 0.1) is 0 Å². The molecule has 2 aromatic carbocycles. The molecule has 5 heteroatoms. The molecule has 1 fully saturated rings. The average molecular weight is 337 g/mol. The van der Waals surface area contributed by atoms with Crippen LogP contribution in [0.4, 0.5) is 5.69 Å². The zero-order valence-corrected chi connectivity index (χ0v) is 14.2. The van der Waals surface area contributed by atoms with Gasteiger partial charge >= 0.3 is 0 Å². The number of carbonyl (C=O) groups excluding carboxylic acids is 2. The Balaban J connectivity index is 1.74. The number of amides is 2. The monoisotopic (exact) mass is 337 g/mol. The number of primary amides is 1. The summed E-state index contributed by atoms with van der Waals surface area (Å²) in [5.74, 6) is -0.216. The lowest BCUT2D eigenvalue weighted by Gasteiger charge is -2.27. The van der Waals surface area contributed by atoms with E-state index in [1.807, 2.05) is 59.5 Å². The van der Waals surface area contributed by atoms with E-state index in [1.54, 1.807) is 0 Å². The van der Waals surface area contributed by atoms with Crippen LogP contribution in [0.5, 0.6) is 0 Å². The molecule has 0 radical (unpaired) electrons. The first-order chi connectivity index (χ1) is 12.1. The summed E-state index contributed by atoms with van der Waals surface area (Å²) in [6.07, 6.45) is 2.67. The summed E-state index contributed by atoms with van der Waals surface area (Å²) in [4.78, 5) is 25.7. The third-order valence-corrected chi connectivity index (χ3v) is 4.45. The molecule has 1 aliphatic heterocycles. The van der Waals surface area contributed by atoms with Gasteiger partial charge in [-0.25, -0.2) is 0 Å². The fourth-order valence-electron chi connectivity index (χ4n) is 3.14. The van der Waals surface area contributed by atoms with Crippen molar-refractivity contribution in [2.75, 3.05) is 11.9 Å². The Morgan fingerprint density at radius 2 is 1.92 bits per heavy atom. The Morgan fingerprint density at radius 1 is 1.12 bits per heavy atom. The van der Waals surface area contributed by atoms with Crippen molar-refractivity contribution in [3.63, 3.8) is 0 Å². The lowest BCUT2D eigenvalue weighted by atomic mass is 10.1. The summed E-state index contributed by atoms with van der Waals surface area (Å²) < 4.78 is 0. The number of nitrogens with zero attached hydrogens (tertiary/aromatic N) is 1. The third-order valence-electron chi connectivity index (χ3n) is 4.45. The molecule has 0 unspecified atom stereocenters. The van der Waals surface area contributed by atoms with E-state index >= 15 is 0 Å². The molecule has 0 bridgehead atoms. The van der Waals surface area contributed by atoms with Gasteiger partial charge in [0.25, 0.3) is 0 Å². The van der Waals surface area contributed by atoms with Crippen LogP contribution in [0.2, 0.25) is 0 Å². The van der Waals surface area contributed by atoms with Crippen molar-refractivity contribution in [3.05, 3.63) is 65.7 Å². The third kappa shape index (κ3) is 4.38. The second-order valence-corrected chi connectivity index (χ2v) is 6.36. The molecule has 0 spiro atoms. The largest absolute Gasteiger partial charge is 0.370 e. The van der Waals surface area contributed by atoms with Crippen molar-refractivity contribution < 1.29 is 9.59 Å². The predicted molar refractivity (Wildman–Crippen MR) is 97.7 cm³/mol. The van der Waals surface area contributed by atoms with Gasteiger partial charge in [-0.3, -0.25) is 9.59 Å². The molecule has 0 aromatic heterocycles. The molecule has 3 rings (SSSR count). The van der Waals surface area contributed by atoms with Crippen molar-refractivity contribution in [1.29, 1.82) is 0 Å².